The van der Waals surface area contributed by atoms with Crippen molar-refractivity contribution in [2.24, 2.45) is 5.92 Å². The number of fused-ring (bicyclic) bond motifs is 1. The van der Waals surface area contributed by atoms with Gasteiger partial charge in [0.15, 0.2) is 17.6 Å². The van der Waals surface area contributed by atoms with Crippen molar-refractivity contribution in [3.05, 3.63) is 98.2 Å². The van der Waals surface area contributed by atoms with Crippen molar-refractivity contribution in [2.45, 2.75) is 23.8 Å². The summed E-state index contributed by atoms with van der Waals surface area (Å²) in [5.74, 6) is -1.14. The number of carbonyl (C=O) groups is 1. The first-order valence-corrected chi connectivity index (χ1v) is 11.5. The van der Waals surface area contributed by atoms with Gasteiger partial charge in [0.25, 0.3) is 11.2 Å². The van der Waals surface area contributed by atoms with Crippen molar-refractivity contribution in [1.29, 1.82) is 0 Å². The summed E-state index contributed by atoms with van der Waals surface area (Å²) in [5, 5.41) is 14.2. The van der Waals surface area contributed by atoms with Gasteiger partial charge in [0.05, 0.1) is 17.1 Å². The number of nitro groups is 1. The summed E-state index contributed by atoms with van der Waals surface area (Å²) in [5.41, 5.74) is 1.92. The fourth-order valence-electron chi connectivity index (χ4n) is 3.85. The number of aromatic amines is 2. The molecule has 3 aromatic rings. The third-order valence-corrected chi connectivity index (χ3v) is 6.33. The van der Waals surface area contributed by atoms with Gasteiger partial charge < -0.3 is 15.0 Å². The third-order valence-electron chi connectivity index (χ3n) is 5.39. The number of ether oxygens (including phenoxy) is 1. The number of pyridine rings is 1. The second-order valence-corrected chi connectivity index (χ2v) is 8.50. The second kappa shape index (κ2) is 9.87. The van der Waals surface area contributed by atoms with Crippen LogP contribution in [0.25, 0.3) is 0 Å². The molecule has 3 heterocycles. The smallest absolute Gasteiger partial charge is 0.315 e. The molecule has 4 rings (SSSR count). The number of nitro benzene ring substituents is 1. The number of nitrogens with one attached hydrogen (secondary N) is 3. The van der Waals surface area contributed by atoms with E-state index in [-0.39, 0.29) is 17.9 Å². The molecule has 1 aliphatic rings. The number of thioether (sulfide) groups is 1. The molecule has 0 saturated carbocycles. The van der Waals surface area contributed by atoms with E-state index in [1.165, 1.54) is 23.9 Å². The van der Waals surface area contributed by atoms with E-state index >= 15 is 0 Å². The maximum atomic E-state index is 13.2. The highest BCUT2D eigenvalue weighted by Gasteiger charge is 2.42. The van der Waals surface area contributed by atoms with Gasteiger partial charge in [0.1, 0.15) is 11.7 Å². The van der Waals surface area contributed by atoms with Gasteiger partial charge in [0.2, 0.25) is 0 Å². The molecule has 11 heteroatoms. The fraction of sp³-hybridized carbons (Fsp3) is 0.217. The zero-order valence-electron chi connectivity index (χ0n) is 18.2. The van der Waals surface area contributed by atoms with Crippen LogP contribution in [-0.4, -0.2) is 27.5 Å². The summed E-state index contributed by atoms with van der Waals surface area (Å²) in [6.45, 7) is 5.94. The van der Waals surface area contributed by atoms with Crippen LogP contribution in [0.3, 0.4) is 0 Å². The Kier molecular flexibility index (Phi) is 6.73. The van der Waals surface area contributed by atoms with Crippen molar-refractivity contribution >= 4 is 29.2 Å². The first kappa shape index (κ1) is 23.2. The number of carbonyl (C=O) groups excluding carboxylic acids is 1. The molecule has 0 saturated heterocycles. The molecule has 2 aromatic heterocycles. The molecule has 2 atom stereocenters. The highest BCUT2D eigenvalue weighted by Crippen LogP contribution is 2.42. The predicted molar refractivity (Wildman–Crippen MR) is 125 cm³/mol. The monoisotopic (exact) mass is 480 g/mol. The van der Waals surface area contributed by atoms with Crippen LogP contribution in [0.15, 0.2) is 71.0 Å². The molecule has 0 aliphatic carbocycles. The Morgan fingerprint density at radius 2 is 2.09 bits per heavy atom. The molecule has 10 nitrogen and oxygen atoms in total. The molecule has 0 radical (unpaired) electrons. The number of nitrogens with zero attached hydrogens (tertiary/aromatic N) is 2. The summed E-state index contributed by atoms with van der Waals surface area (Å²) in [6.07, 6.45) is 3.47. The van der Waals surface area contributed by atoms with Crippen molar-refractivity contribution in [1.82, 2.24) is 9.97 Å². The minimum atomic E-state index is -0.801. The molecule has 3 N–H and O–H groups in total. The number of esters is 1. The highest BCUT2D eigenvalue weighted by atomic mass is 32.2. The number of benzene rings is 1. The molecule has 34 heavy (non-hydrogen) atoms. The summed E-state index contributed by atoms with van der Waals surface area (Å²) in [6, 6.07) is 9.80. The lowest BCUT2D eigenvalue weighted by Crippen LogP contribution is -2.38. The first-order chi connectivity index (χ1) is 16.4. The van der Waals surface area contributed by atoms with Crippen LogP contribution in [0.1, 0.15) is 29.5 Å². The zero-order chi connectivity index (χ0) is 24.2. The van der Waals surface area contributed by atoms with Crippen LogP contribution in [0.2, 0.25) is 0 Å². The van der Waals surface area contributed by atoms with Gasteiger partial charge in [-0.05, 0) is 18.6 Å². The van der Waals surface area contributed by atoms with Crippen molar-refractivity contribution in [3.63, 3.8) is 0 Å². The van der Waals surface area contributed by atoms with E-state index < -0.39 is 22.7 Å². The van der Waals surface area contributed by atoms with E-state index in [4.69, 9.17) is 4.74 Å². The fourth-order valence-corrected chi connectivity index (χ4v) is 4.66. The van der Waals surface area contributed by atoms with Crippen LogP contribution in [0.5, 0.6) is 0 Å². The lowest BCUT2D eigenvalue weighted by atomic mass is 9.78. The van der Waals surface area contributed by atoms with Gasteiger partial charge in [0, 0.05) is 41.1 Å². The van der Waals surface area contributed by atoms with E-state index in [0.717, 1.165) is 11.1 Å². The average Bonchev–Trinajstić information content (AvgIpc) is 2.82. The van der Waals surface area contributed by atoms with Crippen LogP contribution < -0.4 is 15.9 Å². The maximum Gasteiger partial charge on any atom is 0.315 e. The maximum absolute atomic E-state index is 13.2. The lowest BCUT2D eigenvalue weighted by Gasteiger charge is -2.32. The topological polar surface area (TPSA) is 141 Å². The molecule has 174 valence electrons. The number of anilines is 1. The molecule has 2 unspecified atom stereocenters. The lowest BCUT2D eigenvalue weighted by molar-refractivity contribution is -0.384. The quantitative estimate of drug-likeness (QED) is 0.173. The minimum absolute atomic E-state index is 0.0112. The number of hydrogen-bond acceptors (Lipinski definition) is 8. The van der Waals surface area contributed by atoms with E-state index in [1.54, 1.807) is 37.5 Å². The van der Waals surface area contributed by atoms with Crippen molar-refractivity contribution in [3.8, 4) is 0 Å². The second-order valence-electron chi connectivity index (χ2n) is 7.54. The zero-order valence-corrected chi connectivity index (χ0v) is 19.1. The summed E-state index contributed by atoms with van der Waals surface area (Å²) in [4.78, 5) is 46.7. The van der Waals surface area contributed by atoms with E-state index in [9.17, 15) is 19.7 Å². The Balaban J connectivity index is 1.67. The Bertz CT molecular complexity index is 1290. The van der Waals surface area contributed by atoms with E-state index in [1.807, 2.05) is 6.07 Å². The Hall–Kier alpha value is -3.99. The van der Waals surface area contributed by atoms with Crippen LogP contribution in [0.4, 0.5) is 11.5 Å². The SMILES string of the molecule is C=C1Nc2nc(SCc3ccc([N+](=O)[O-])cc3)[nH]c(=O)c2C(c2ccc[nH+]c2)C1C(=O)OCC. The van der Waals surface area contributed by atoms with Crippen molar-refractivity contribution < 1.29 is 19.4 Å². The number of rotatable bonds is 7. The Morgan fingerprint density at radius 3 is 2.74 bits per heavy atom. The molecule has 0 amide bonds. The summed E-state index contributed by atoms with van der Waals surface area (Å²) >= 11 is 1.28. The van der Waals surface area contributed by atoms with Gasteiger partial charge in [-0.1, -0.05) is 30.5 Å². The molecular formula is C23H22N5O5S+. The molecule has 0 spiro atoms. The van der Waals surface area contributed by atoms with E-state index in [0.29, 0.717) is 28.0 Å². The van der Waals surface area contributed by atoms with Gasteiger partial charge in [-0.2, -0.15) is 0 Å². The van der Waals surface area contributed by atoms with Crippen LogP contribution >= 0.6 is 11.8 Å². The van der Waals surface area contributed by atoms with E-state index in [2.05, 4.69) is 26.8 Å². The summed E-state index contributed by atoms with van der Waals surface area (Å²) in [7, 11) is 0. The van der Waals surface area contributed by atoms with Gasteiger partial charge >= 0.3 is 5.97 Å². The minimum Gasteiger partial charge on any atom is -0.465 e. The first-order valence-electron chi connectivity index (χ1n) is 10.5. The molecule has 1 aliphatic heterocycles. The number of aromatic nitrogens is 3. The van der Waals surface area contributed by atoms with Crippen LogP contribution in [-0.2, 0) is 15.3 Å². The molecule has 1 aromatic carbocycles. The van der Waals surface area contributed by atoms with Crippen molar-refractivity contribution in [2.75, 3.05) is 11.9 Å². The highest BCUT2D eigenvalue weighted by molar-refractivity contribution is 7.98. The number of hydrogen-bond donors (Lipinski definition) is 2. The number of non-ortho nitro benzene ring substituents is 1. The summed E-state index contributed by atoms with van der Waals surface area (Å²) < 4.78 is 5.26. The molecule has 0 bridgehead atoms. The van der Waals surface area contributed by atoms with Gasteiger partial charge in [-0.3, -0.25) is 19.7 Å². The molecular weight excluding hydrogens is 458 g/mol. The predicted octanol–water partition coefficient (Wildman–Crippen LogP) is 3.03. The van der Waals surface area contributed by atoms with Gasteiger partial charge in [-0.15, -0.1) is 0 Å². The Labute approximate surface area is 198 Å². The van der Waals surface area contributed by atoms with Crippen LogP contribution in [0, 0.1) is 16.0 Å². The largest absolute Gasteiger partial charge is 0.465 e. The average molecular weight is 481 g/mol. The third kappa shape index (κ3) is 4.69. The normalized spacial score (nSPS) is 16.9. The number of H-pyrrole nitrogens is 2. The van der Waals surface area contributed by atoms with Gasteiger partial charge in [-0.25, -0.2) is 9.97 Å². The molecule has 0 fully saturated rings. The standard InChI is InChI=1S/C23H21N5O5S/c1-3-33-22(30)17-13(2)25-20-19(18(17)15-5-4-10-24-11-15)21(29)27-23(26-20)34-12-14-6-8-16(9-7-14)28(31)32/h4-11,17-18H,2-3,12H2,1H3,(H2,25,26,27,29)/p+1. The Morgan fingerprint density at radius 1 is 1.32 bits per heavy atom.